The maximum absolute atomic E-state index is 12.8. The molecule has 0 atom stereocenters. The van der Waals surface area contributed by atoms with E-state index in [-0.39, 0.29) is 11.4 Å². The van der Waals surface area contributed by atoms with Gasteiger partial charge in [0.05, 0.1) is 5.69 Å². The van der Waals surface area contributed by atoms with Gasteiger partial charge in [-0.2, -0.15) is 0 Å². The first-order valence-electron chi connectivity index (χ1n) is 8.54. The lowest BCUT2D eigenvalue weighted by atomic mass is 9.87. The van der Waals surface area contributed by atoms with Crippen LogP contribution in [0.4, 0.5) is 0 Å². The average molecular weight is 305 g/mol. The van der Waals surface area contributed by atoms with Crippen LogP contribution in [-0.4, -0.2) is 52.6 Å². The molecule has 0 aromatic carbocycles. The van der Waals surface area contributed by atoms with E-state index in [0.717, 1.165) is 37.4 Å². The van der Waals surface area contributed by atoms with Gasteiger partial charge in [0.25, 0.3) is 5.91 Å². The number of carbonyl (C=O) groups is 1. The Hall–Kier alpha value is -1.36. The molecule has 2 saturated heterocycles. The van der Waals surface area contributed by atoms with Gasteiger partial charge in [0, 0.05) is 25.0 Å². The maximum Gasteiger partial charge on any atom is 0.259 e. The van der Waals surface area contributed by atoms with Crippen LogP contribution in [0.1, 0.15) is 61.3 Å². The summed E-state index contributed by atoms with van der Waals surface area (Å²) in [5.74, 6) is 0.814. The minimum Gasteiger partial charge on any atom is -0.360 e. The van der Waals surface area contributed by atoms with E-state index in [2.05, 4.69) is 17.0 Å². The molecular formula is C17H27N3O2. The van der Waals surface area contributed by atoms with Crippen molar-refractivity contribution in [1.82, 2.24) is 15.0 Å². The SMILES string of the molecule is CCc1onc(C)c1C(=O)N1CCC(C)(N2CCCC2)CC1. The number of hydrogen-bond donors (Lipinski definition) is 0. The van der Waals surface area contributed by atoms with Crippen molar-refractivity contribution < 1.29 is 9.32 Å². The number of hydrogen-bond acceptors (Lipinski definition) is 4. The average Bonchev–Trinajstić information content (AvgIpc) is 3.17. The summed E-state index contributed by atoms with van der Waals surface area (Å²) < 4.78 is 5.27. The van der Waals surface area contributed by atoms with Crippen molar-refractivity contribution in [1.29, 1.82) is 0 Å². The van der Waals surface area contributed by atoms with Crippen LogP contribution in [0.2, 0.25) is 0 Å². The van der Waals surface area contributed by atoms with Crippen LogP contribution in [0.3, 0.4) is 0 Å². The van der Waals surface area contributed by atoms with E-state index in [4.69, 9.17) is 4.52 Å². The zero-order valence-electron chi connectivity index (χ0n) is 14.0. The highest BCUT2D eigenvalue weighted by molar-refractivity contribution is 5.96. The Morgan fingerprint density at radius 1 is 1.23 bits per heavy atom. The van der Waals surface area contributed by atoms with E-state index in [9.17, 15) is 4.79 Å². The van der Waals surface area contributed by atoms with Crippen molar-refractivity contribution in [2.24, 2.45) is 0 Å². The van der Waals surface area contributed by atoms with Crippen molar-refractivity contribution in [3.8, 4) is 0 Å². The Balaban J connectivity index is 1.68. The van der Waals surface area contributed by atoms with Crippen LogP contribution in [0.25, 0.3) is 0 Å². The lowest BCUT2D eigenvalue weighted by Crippen LogP contribution is -2.53. The number of likely N-dealkylation sites (tertiary alicyclic amines) is 2. The molecule has 3 heterocycles. The van der Waals surface area contributed by atoms with Gasteiger partial charge in [-0.25, -0.2) is 0 Å². The normalized spacial score (nSPS) is 22.2. The third-order valence-electron chi connectivity index (χ3n) is 5.47. The molecule has 1 aromatic rings. The standard InChI is InChI=1S/C17H27N3O2/c1-4-14-15(13(2)18-22-14)16(21)19-11-7-17(3,8-12-19)20-9-5-6-10-20/h4-12H2,1-3H3. The summed E-state index contributed by atoms with van der Waals surface area (Å²) in [6.07, 6.45) is 5.46. The third kappa shape index (κ3) is 2.67. The predicted octanol–water partition coefficient (Wildman–Crippen LogP) is 2.64. The summed E-state index contributed by atoms with van der Waals surface area (Å²) in [5.41, 5.74) is 1.67. The number of aryl methyl sites for hydroxylation is 2. The molecule has 22 heavy (non-hydrogen) atoms. The van der Waals surface area contributed by atoms with Crippen molar-refractivity contribution >= 4 is 5.91 Å². The Morgan fingerprint density at radius 3 is 2.45 bits per heavy atom. The van der Waals surface area contributed by atoms with Crippen molar-refractivity contribution in [2.75, 3.05) is 26.2 Å². The molecule has 5 nitrogen and oxygen atoms in total. The lowest BCUT2D eigenvalue weighted by molar-refractivity contribution is 0.0404. The Kier molecular flexibility index (Phi) is 4.26. The number of aromatic nitrogens is 1. The largest absolute Gasteiger partial charge is 0.360 e. The summed E-state index contributed by atoms with van der Waals surface area (Å²) >= 11 is 0. The quantitative estimate of drug-likeness (QED) is 0.861. The first-order valence-corrected chi connectivity index (χ1v) is 8.54. The highest BCUT2D eigenvalue weighted by Crippen LogP contribution is 2.32. The predicted molar refractivity (Wildman–Crippen MR) is 85.0 cm³/mol. The minimum atomic E-state index is 0.0964. The van der Waals surface area contributed by atoms with Crippen molar-refractivity contribution in [3.05, 3.63) is 17.0 Å². The molecule has 2 aliphatic rings. The van der Waals surface area contributed by atoms with Gasteiger partial charge in [0.1, 0.15) is 11.3 Å². The van der Waals surface area contributed by atoms with Crippen LogP contribution < -0.4 is 0 Å². The number of nitrogens with zero attached hydrogens (tertiary/aromatic N) is 3. The number of rotatable bonds is 3. The summed E-state index contributed by atoms with van der Waals surface area (Å²) in [6.45, 7) is 10.3. The van der Waals surface area contributed by atoms with Crippen LogP contribution in [-0.2, 0) is 6.42 Å². The molecule has 0 N–H and O–H groups in total. The van der Waals surface area contributed by atoms with Gasteiger partial charge < -0.3 is 9.42 Å². The first-order chi connectivity index (χ1) is 10.5. The number of amides is 1. The van der Waals surface area contributed by atoms with E-state index in [1.165, 1.54) is 25.9 Å². The van der Waals surface area contributed by atoms with Crippen LogP contribution in [0.5, 0.6) is 0 Å². The molecule has 3 rings (SSSR count). The van der Waals surface area contributed by atoms with Crippen molar-refractivity contribution in [3.63, 3.8) is 0 Å². The third-order valence-corrected chi connectivity index (χ3v) is 5.47. The molecule has 0 radical (unpaired) electrons. The highest BCUT2D eigenvalue weighted by atomic mass is 16.5. The molecule has 1 aromatic heterocycles. The minimum absolute atomic E-state index is 0.0964. The molecule has 122 valence electrons. The van der Waals surface area contributed by atoms with Crippen LogP contribution in [0, 0.1) is 6.92 Å². The second-order valence-electron chi connectivity index (χ2n) is 6.90. The number of carbonyl (C=O) groups excluding carboxylic acids is 1. The zero-order chi connectivity index (χ0) is 15.7. The fourth-order valence-electron chi connectivity index (χ4n) is 3.85. The van der Waals surface area contributed by atoms with Gasteiger partial charge in [-0.1, -0.05) is 12.1 Å². The molecule has 0 aliphatic carbocycles. The Morgan fingerprint density at radius 2 is 1.86 bits per heavy atom. The maximum atomic E-state index is 12.8. The lowest BCUT2D eigenvalue weighted by Gasteiger charge is -2.45. The van der Waals surface area contributed by atoms with E-state index in [0.29, 0.717) is 12.0 Å². The molecular weight excluding hydrogens is 278 g/mol. The fraction of sp³-hybridized carbons (Fsp3) is 0.765. The van der Waals surface area contributed by atoms with Crippen LogP contribution >= 0.6 is 0 Å². The second kappa shape index (κ2) is 6.03. The summed E-state index contributed by atoms with van der Waals surface area (Å²) in [4.78, 5) is 17.4. The second-order valence-corrected chi connectivity index (χ2v) is 6.90. The van der Waals surface area contributed by atoms with Gasteiger partial charge in [-0.15, -0.1) is 0 Å². The van der Waals surface area contributed by atoms with Gasteiger partial charge in [0.15, 0.2) is 0 Å². The Bertz CT molecular complexity index is 538. The first kappa shape index (κ1) is 15.5. The van der Waals surface area contributed by atoms with Gasteiger partial charge >= 0.3 is 0 Å². The van der Waals surface area contributed by atoms with E-state index >= 15 is 0 Å². The monoisotopic (exact) mass is 305 g/mol. The topological polar surface area (TPSA) is 49.6 Å². The summed E-state index contributed by atoms with van der Waals surface area (Å²) in [7, 11) is 0. The fourth-order valence-corrected chi connectivity index (χ4v) is 3.85. The molecule has 0 bridgehead atoms. The highest BCUT2D eigenvalue weighted by Gasteiger charge is 2.38. The van der Waals surface area contributed by atoms with Gasteiger partial charge in [-0.3, -0.25) is 9.69 Å². The zero-order valence-corrected chi connectivity index (χ0v) is 14.0. The molecule has 0 spiro atoms. The molecule has 2 fully saturated rings. The van der Waals surface area contributed by atoms with Crippen molar-refractivity contribution in [2.45, 2.75) is 58.4 Å². The molecule has 1 amide bonds. The summed E-state index contributed by atoms with van der Waals surface area (Å²) in [5, 5.41) is 3.96. The number of piperidine rings is 1. The molecule has 0 saturated carbocycles. The van der Waals surface area contributed by atoms with Crippen LogP contribution in [0.15, 0.2) is 4.52 Å². The summed E-state index contributed by atoms with van der Waals surface area (Å²) in [6, 6.07) is 0. The molecule has 5 heteroatoms. The van der Waals surface area contributed by atoms with Gasteiger partial charge in [-0.05, 0) is 52.6 Å². The Labute approximate surface area is 132 Å². The molecule has 2 aliphatic heterocycles. The van der Waals surface area contributed by atoms with E-state index < -0.39 is 0 Å². The van der Waals surface area contributed by atoms with E-state index in [1.54, 1.807) is 0 Å². The van der Waals surface area contributed by atoms with E-state index in [1.807, 2.05) is 18.7 Å². The smallest absolute Gasteiger partial charge is 0.259 e. The molecule has 0 unspecified atom stereocenters. The van der Waals surface area contributed by atoms with Gasteiger partial charge in [0.2, 0.25) is 0 Å².